The van der Waals surface area contributed by atoms with Crippen molar-refractivity contribution in [2.45, 2.75) is 24.9 Å². The van der Waals surface area contributed by atoms with Gasteiger partial charge in [0, 0.05) is 23.7 Å². The third-order valence-corrected chi connectivity index (χ3v) is 2.75. The van der Waals surface area contributed by atoms with Gasteiger partial charge in [0.2, 0.25) is 0 Å². The molecular weight excluding hydrogens is 196 g/mol. The first-order valence-corrected chi connectivity index (χ1v) is 5.38. The SMILES string of the molecule is NC(CNC1CC1)c1ccc(Cl)cc1. The summed E-state index contributed by atoms with van der Waals surface area (Å²) in [5.74, 6) is 0. The molecule has 1 atom stereocenters. The van der Waals surface area contributed by atoms with Crippen LogP contribution < -0.4 is 11.1 Å². The molecule has 0 amide bonds. The van der Waals surface area contributed by atoms with E-state index in [1.54, 1.807) is 0 Å². The topological polar surface area (TPSA) is 38.0 Å². The van der Waals surface area contributed by atoms with E-state index in [1.807, 2.05) is 24.3 Å². The molecule has 1 aromatic carbocycles. The van der Waals surface area contributed by atoms with E-state index in [4.69, 9.17) is 17.3 Å². The lowest BCUT2D eigenvalue weighted by Crippen LogP contribution is -2.28. The molecule has 0 aliphatic heterocycles. The zero-order valence-corrected chi connectivity index (χ0v) is 8.80. The molecule has 2 rings (SSSR count). The van der Waals surface area contributed by atoms with Crippen LogP contribution in [0.15, 0.2) is 24.3 Å². The van der Waals surface area contributed by atoms with Gasteiger partial charge in [-0.05, 0) is 30.5 Å². The maximum absolute atomic E-state index is 6.02. The van der Waals surface area contributed by atoms with Crippen molar-refractivity contribution in [2.75, 3.05) is 6.54 Å². The zero-order chi connectivity index (χ0) is 9.97. The van der Waals surface area contributed by atoms with E-state index in [-0.39, 0.29) is 6.04 Å². The van der Waals surface area contributed by atoms with Crippen LogP contribution in [0, 0.1) is 0 Å². The Morgan fingerprint density at radius 2 is 2.00 bits per heavy atom. The fourth-order valence-corrected chi connectivity index (χ4v) is 1.53. The molecule has 0 saturated heterocycles. The molecule has 0 radical (unpaired) electrons. The second-order valence-corrected chi connectivity index (χ2v) is 4.28. The second kappa shape index (κ2) is 4.30. The van der Waals surface area contributed by atoms with Gasteiger partial charge in [-0.25, -0.2) is 0 Å². The lowest BCUT2D eigenvalue weighted by Gasteiger charge is -2.12. The first-order valence-electron chi connectivity index (χ1n) is 5.00. The van der Waals surface area contributed by atoms with Crippen molar-refractivity contribution in [3.05, 3.63) is 34.9 Å². The highest BCUT2D eigenvalue weighted by atomic mass is 35.5. The normalized spacial score (nSPS) is 18.1. The molecule has 3 N–H and O–H groups in total. The van der Waals surface area contributed by atoms with Gasteiger partial charge in [-0.1, -0.05) is 23.7 Å². The predicted molar refractivity (Wildman–Crippen MR) is 59.4 cm³/mol. The largest absolute Gasteiger partial charge is 0.323 e. The summed E-state index contributed by atoms with van der Waals surface area (Å²) in [7, 11) is 0. The van der Waals surface area contributed by atoms with Gasteiger partial charge in [0.15, 0.2) is 0 Å². The molecule has 3 heteroatoms. The monoisotopic (exact) mass is 210 g/mol. The van der Waals surface area contributed by atoms with Crippen LogP contribution in [0.4, 0.5) is 0 Å². The van der Waals surface area contributed by atoms with Gasteiger partial charge >= 0.3 is 0 Å². The Balaban J connectivity index is 1.88. The van der Waals surface area contributed by atoms with E-state index >= 15 is 0 Å². The first kappa shape index (κ1) is 9.97. The van der Waals surface area contributed by atoms with E-state index in [1.165, 1.54) is 12.8 Å². The number of benzene rings is 1. The number of hydrogen-bond acceptors (Lipinski definition) is 2. The molecule has 2 nitrogen and oxygen atoms in total. The molecule has 0 aromatic heterocycles. The number of halogens is 1. The number of nitrogens with two attached hydrogens (primary N) is 1. The van der Waals surface area contributed by atoms with Crippen LogP contribution in [0.25, 0.3) is 0 Å². The second-order valence-electron chi connectivity index (χ2n) is 3.84. The van der Waals surface area contributed by atoms with Crippen molar-refractivity contribution >= 4 is 11.6 Å². The zero-order valence-electron chi connectivity index (χ0n) is 8.04. The maximum atomic E-state index is 6.02. The van der Waals surface area contributed by atoms with Gasteiger partial charge in [-0.3, -0.25) is 0 Å². The summed E-state index contributed by atoms with van der Waals surface area (Å²) in [5, 5.41) is 4.17. The van der Waals surface area contributed by atoms with E-state index in [0.29, 0.717) is 6.04 Å². The fraction of sp³-hybridized carbons (Fsp3) is 0.455. The van der Waals surface area contributed by atoms with Crippen LogP contribution in [0.5, 0.6) is 0 Å². The van der Waals surface area contributed by atoms with E-state index in [0.717, 1.165) is 17.1 Å². The van der Waals surface area contributed by atoms with E-state index in [9.17, 15) is 0 Å². The van der Waals surface area contributed by atoms with Crippen molar-refractivity contribution in [3.63, 3.8) is 0 Å². The van der Waals surface area contributed by atoms with Gasteiger partial charge in [0.1, 0.15) is 0 Å². The molecule has 1 unspecified atom stereocenters. The number of nitrogens with one attached hydrogen (secondary N) is 1. The van der Waals surface area contributed by atoms with Crippen molar-refractivity contribution in [2.24, 2.45) is 5.73 Å². The van der Waals surface area contributed by atoms with Crippen LogP contribution in [-0.4, -0.2) is 12.6 Å². The minimum atomic E-state index is 0.0767. The van der Waals surface area contributed by atoms with Crippen molar-refractivity contribution in [3.8, 4) is 0 Å². The minimum absolute atomic E-state index is 0.0767. The minimum Gasteiger partial charge on any atom is -0.323 e. The summed E-state index contributed by atoms with van der Waals surface area (Å²) >= 11 is 5.80. The fourth-order valence-electron chi connectivity index (χ4n) is 1.41. The molecule has 1 aliphatic carbocycles. The van der Waals surface area contributed by atoms with Crippen molar-refractivity contribution < 1.29 is 0 Å². The molecule has 1 saturated carbocycles. The van der Waals surface area contributed by atoms with Crippen molar-refractivity contribution in [1.82, 2.24) is 5.32 Å². The molecule has 0 bridgehead atoms. The Labute approximate surface area is 89.4 Å². The highest BCUT2D eigenvalue weighted by molar-refractivity contribution is 6.30. The van der Waals surface area contributed by atoms with Crippen LogP contribution in [0.3, 0.4) is 0 Å². The average Bonchev–Trinajstić information content (AvgIpc) is 2.99. The number of rotatable bonds is 4. The van der Waals surface area contributed by atoms with E-state index in [2.05, 4.69) is 5.32 Å². The summed E-state index contributed by atoms with van der Waals surface area (Å²) < 4.78 is 0. The van der Waals surface area contributed by atoms with Crippen LogP contribution in [-0.2, 0) is 0 Å². The standard InChI is InChI=1S/C11H15ClN2/c12-9-3-1-8(2-4-9)11(13)7-14-10-5-6-10/h1-4,10-11,14H,5-7,13H2. The lowest BCUT2D eigenvalue weighted by atomic mass is 10.1. The summed E-state index contributed by atoms with van der Waals surface area (Å²) in [6, 6.07) is 8.53. The third-order valence-electron chi connectivity index (χ3n) is 2.50. The van der Waals surface area contributed by atoms with Gasteiger partial charge in [-0.2, -0.15) is 0 Å². The summed E-state index contributed by atoms with van der Waals surface area (Å²) in [6.45, 7) is 0.853. The van der Waals surface area contributed by atoms with Crippen LogP contribution >= 0.6 is 11.6 Å². The van der Waals surface area contributed by atoms with Gasteiger partial charge in [0.25, 0.3) is 0 Å². The predicted octanol–water partition coefficient (Wildman–Crippen LogP) is 2.09. The molecule has 0 heterocycles. The summed E-state index contributed by atoms with van der Waals surface area (Å²) in [6.07, 6.45) is 2.60. The maximum Gasteiger partial charge on any atom is 0.0421 e. The summed E-state index contributed by atoms with van der Waals surface area (Å²) in [4.78, 5) is 0. The Bertz CT molecular complexity index is 293. The molecule has 1 aliphatic rings. The lowest BCUT2D eigenvalue weighted by molar-refractivity contribution is 0.595. The smallest absolute Gasteiger partial charge is 0.0421 e. The summed E-state index contributed by atoms with van der Waals surface area (Å²) in [5.41, 5.74) is 7.16. The average molecular weight is 211 g/mol. The number of hydrogen-bond donors (Lipinski definition) is 2. The molecule has 76 valence electrons. The molecule has 0 spiro atoms. The quantitative estimate of drug-likeness (QED) is 0.799. The highest BCUT2D eigenvalue weighted by Crippen LogP contribution is 2.20. The highest BCUT2D eigenvalue weighted by Gasteiger charge is 2.21. The molecular formula is C11H15ClN2. The van der Waals surface area contributed by atoms with Gasteiger partial charge < -0.3 is 11.1 Å². The first-order chi connectivity index (χ1) is 6.75. The molecule has 14 heavy (non-hydrogen) atoms. The van der Waals surface area contributed by atoms with Crippen molar-refractivity contribution in [1.29, 1.82) is 0 Å². The Morgan fingerprint density at radius 3 is 2.57 bits per heavy atom. The molecule has 1 aromatic rings. The van der Waals surface area contributed by atoms with Gasteiger partial charge in [-0.15, -0.1) is 0 Å². The molecule has 1 fully saturated rings. The van der Waals surface area contributed by atoms with Crippen LogP contribution in [0.1, 0.15) is 24.4 Å². The van der Waals surface area contributed by atoms with E-state index < -0.39 is 0 Å². The van der Waals surface area contributed by atoms with Gasteiger partial charge in [0.05, 0.1) is 0 Å². The Hall–Kier alpha value is -0.570. The van der Waals surface area contributed by atoms with Crippen LogP contribution in [0.2, 0.25) is 5.02 Å². The Kier molecular flexibility index (Phi) is 3.06. The third kappa shape index (κ3) is 2.71. The Morgan fingerprint density at radius 1 is 1.36 bits per heavy atom.